The summed E-state index contributed by atoms with van der Waals surface area (Å²) in [6.07, 6.45) is 0. The van der Waals surface area contributed by atoms with E-state index in [-0.39, 0.29) is 0 Å². The molecule has 0 aliphatic rings. The lowest BCUT2D eigenvalue weighted by Gasteiger charge is -2.07. The fourth-order valence-corrected chi connectivity index (χ4v) is 2.38. The molecule has 2 rings (SSSR count). The molecule has 1 N–H and O–H groups in total. The van der Waals surface area contributed by atoms with E-state index in [1.807, 2.05) is 23.6 Å². The highest BCUT2D eigenvalue weighted by Crippen LogP contribution is 2.21. The Morgan fingerprint density at radius 2 is 2.25 bits per heavy atom. The fraction of sp³-hybridized carbons (Fsp3) is 0.0833. The molecule has 0 bridgehead atoms. The number of rotatable bonds is 3. The molecule has 2 aromatic rings. The predicted molar refractivity (Wildman–Crippen MR) is 70.5 cm³/mol. The van der Waals surface area contributed by atoms with E-state index >= 15 is 0 Å². The summed E-state index contributed by atoms with van der Waals surface area (Å²) in [5.74, 6) is 0. The summed E-state index contributed by atoms with van der Waals surface area (Å²) in [4.78, 5) is 0. The molecule has 0 saturated heterocycles. The Balaban J connectivity index is 2.13. The topological polar surface area (TPSA) is 35.8 Å². The molecule has 0 radical (unpaired) electrons. The standard InChI is InChI=1S/C12H9BrN2S/c13-11-1-2-12(10(5-11)6-14)15-7-9-3-4-16-8-9/h1-5,8,15H,7H2. The van der Waals surface area contributed by atoms with Gasteiger partial charge in [0, 0.05) is 11.0 Å². The lowest BCUT2D eigenvalue weighted by molar-refractivity contribution is 1.16. The summed E-state index contributed by atoms with van der Waals surface area (Å²) in [5, 5.41) is 16.4. The summed E-state index contributed by atoms with van der Waals surface area (Å²) in [6, 6.07) is 9.90. The van der Waals surface area contributed by atoms with Crippen molar-refractivity contribution in [3.05, 3.63) is 50.6 Å². The zero-order chi connectivity index (χ0) is 11.4. The van der Waals surface area contributed by atoms with Crippen LogP contribution in [-0.2, 0) is 6.54 Å². The summed E-state index contributed by atoms with van der Waals surface area (Å²) >= 11 is 5.02. The summed E-state index contributed by atoms with van der Waals surface area (Å²) in [6.45, 7) is 0.750. The third kappa shape index (κ3) is 2.63. The van der Waals surface area contributed by atoms with Gasteiger partial charge in [-0.2, -0.15) is 16.6 Å². The highest BCUT2D eigenvalue weighted by molar-refractivity contribution is 9.10. The van der Waals surface area contributed by atoms with Crippen molar-refractivity contribution in [3.63, 3.8) is 0 Å². The van der Waals surface area contributed by atoms with E-state index in [9.17, 15) is 0 Å². The largest absolute Gasteiger partial charge is 0.380 e. The van der Waals surface area contributed by atoms with Crippen LogP contribution in [-0.4, -0.2) is 0 Å². The van der Waals surface area contributed by atoms with Gasteiger partial charge in [-0.05, 0) is 40.6 Å². The molecule has 1 aromatic carbocycles. The van der Waals surface area contributed by atoms with Gasteiger partial charge in [-0.25, -0.2) is 0 Å². The molecule has 0 saturated carbocycles. The number of nitrogens with one attached hydrogen (secondary N) is 1. The smallest absolute Gasteiger partial charge is 0.101 e. The second-order valence-corrected chi connectivity index (χ2v) is 4.98. The molecule has 0 fully saturated rings. The van der Waals surface area contributed by atoms with Gasteiger partial charge in [0.25, 0.3) is 0 Å². The predicted octanol–water partition coefficient (Wildman–Crippen LogP) is 3.99. The first-order valence-electron chi connectivity index (χ1n) is 4.74. The van der Waals surface area contributed by atoms with Crippen molar-refractivity contribution in [3.8, 4) is 6.07 Å². The van der Waals surface area contributed by atoms with Gasteiger partial charge in [0.1, 0.15) is 6.07 Å². The Hall–Kier alpha value is -1.31. The molecule has 2 nitrogen and oxygen atoms in total. The Bertz CT molecular complexity index is 514. The Labute approximate surface area is 107 Å². The van der Waals surface area contributed by atoms with Gasteiger partial charge in [-0.15, -0.1) is 0 Å². The van der Waals surface area contributed by atoms with E-state index in [1.54, 1.807) is 11.3 Å². The number of nitrogens with zero attached hydrogens (tertiary/aromatic N) is 1. The maximum atomic E-state index is 8.99. The maximum Gasteiger partial charge on any atom is 0.101 e. The van der Waals surface area contributed by atoms with E-state index in [1.165, 1.54) is 5.56 Å². The van der Waals surface area contributed by atoms with Gasteiger partial charge in [-0.1, -0.05) is 15.9 Å². The molecule has 0 aliphatic carbocycles. The van der Waals surface area contributed by atoms with Gasteiger partial charge in [-0.3, -0.25) is 0 Å². The molecule has 80 valence electrons. The Kier molecular flexibility index (Phi) is 3.60. The van der Waals surface area contributed by atoms with E-state index in [4.69, 9.17) is 5.26 Å². The molecule has 16 heavy (non-hydrogen) atoms. The van der Waals surface area contributed by atoms with Gasteiger partial charge in [0.15, 0.2) is 0 Å². The second-order valence-electron chi connectivity index (χ2n) is 3.29. The lowest BCUT2D eigenvalue weighted by atomic mass is 10.2. The molecule has 0 aliphatic heterocycles. The molecule has 0 spiro atoms. The van der Waals surface area contributed by atoms with Crippen LogP contribution < -0.4 is 5.32 Å². The zero-order valence-electron chi connectivity index (χ0n) is 8.40. The molecular weight excluding hydrogens is 284 g/mol. The van der Waals surface area contributed by atoms with Crippen molar-refractivity contribution in [1.82, 2.24) is 0 Å². The van der Waals surface area contributed by atoms with Crippen LogP contribution in [0.25, 0.3) is 0 Å². The summed E-state index contributed by atoms with van der Waals surface area (Å²) in [7, 11) is 0. The Morgan fingerprint density at radius 1 is 1.38 bits per heavy atom. The number of hydrogen-bond acceptors (Lipinski definition) is 3. The van der Waals surface area contributed by atoms with Crippen molar-refractivity contribution in [2.24, 2.45) is 0 Å². The number of anilines is 1. The molecule has 1 aromatic heterocycles. The normalized spacial score (nSPS) is 9.75. The number of benzene rings is 1. The van der Waals surface area contributed by atoms with Gasteiger partial charge in [0.05, 0.1) is 11.3 Å². The number of thiophene rings is 1. The first-order chi connectivity index (χ1) is 7.79. The van der Waals surface area contributed by atoms with Crippen LogP contribution in [0.15, 0.2) is 39.5 Å². The van der Waals surface area contributed by atoms with Gasteiger partial charge >= 0.3 is 0 Å². The van der Waals surface area contributed by atoms with E-state index in [2.05, 4.69) is 38.8 Å². The molecule has 0 amide bonds. The molecule has 4 heteroatoms. The van der Waals surface area contributed by atoms with Crippen LogP contribution in [0.2, 0.25) is 0 Å². The van der Waals surface area contributed by atoms with Gasteiger partial charge < -0.3 is 5.32 Å². The van der Waals surface area contributed by atoms with Gasteiger partial charge in [0.2, 0.25) is 0 Å². The van der Waals surface area contributed by atoms with Crippen LogP contribution in [0.3, 0.4) is 0 Å². The van der Waals surface area contributed by atoms with Crippen LogP contribution in [0.5, 0.6) is 0 Å². The zero-order valence-corrected chi connectivity index (χ0v) is 10.8. The minimum atomic E-state index is 0.657. The average Bonchev–Trinajstić information content (AvgIpc) is 2.80. The average molecular weight is 293 g/mol. The van der Waals surface area contributed by atoms with E-state index in [0.717, 1.165) is 16.7 Å². The van der Waals surface area contributed by atoms with E-state index < -0.39 is 0 Å². The van der Waals surface area contributed by atoms with Crippen molar-refractivity contribution in [2.45, 2.75) is 6.54 Å². The van der Waals surface area contributed by atoms with Crippen molar-refractivity contribution < 1.29 is 0 Å². The minimum Gasteiger partial charge on any atom is -0.380 e. The van der Waals surface area contributed by atoms with Crippen LogP contribution in [0.4, 0.5) is 5.69 Å². The van der Waals surface area contributed by atoms with Crippen LogP contribution in [0.1, 0.15) is 11.1 Å². The fourth-order valence-electron chi connectivity index (χ4n) is 1.35. The second kappa shape index (κ2) is 5.15. The third-order valence-electron chi connectivity index (χ3n) is 2.17. The molecular formula is C12H9BrN2S. The Morgan fingerprint density at radius 3 is 2.94 bits per heavy atom. The van der Waals surface area contributed by atoms with E-state index in [0.29, 0.717) is 5.56 Å². The maximum absolute atomic E-state index is 8.99. The minimum absolute atomic E-state index is 0.657. The SMILES string of the molecule is N#Cc1cc(Br)ccc1NCc1ccsc1. The lowest BCUT2D eigenvalue weighted by Crippen LogP contribution is -2.00. The van der Waals surface area contributed by atoms with Crippen molar-refractivity contribution in [2.75, 3.05) is 5.32 Å². The highest BCUT2D eigenvalue weighted by atomic mass is 79.9. The number of halogens is 1. The monoisotopic (exact) mass is 292 g/mol. The van der Waals surface area contributed by atoms with Crippen molar-refractivity contribution in [1.29, 1.82) is 5.26 Å². The third-order valence-corrected chi connectivity index (χ3v) is 3.39. The number of nitriles is 1. The quantitative estimate of drug-likeness (QED) is 0.928. The first kappa shape index (κ1) is 11.2. The molecule has 0 atom stereocenters. The number of hydrogen-bond donors (Lipinski definition) is 1. The van der Waals surface area contributed by atoms with Crippen LogP contribution >= 0.6 is 27.3 Å². The first-order valence-corrected chi connectivity index (χ1v) is 6.48. The molecule has 1 heterocycles. The summed E-state index contributed by atoms with van der Waals surface area (Å²) < 4.78 is 0.921. The highest BCUT2D eigenvalue weighted by Gasteiger charge is 2.02. The summed E-state index contributed by atoms with van der Waals surface area (Å²) in [5.41, 5.74) is 2.76. The van der Waals surface area contributed by atoms with Crippen molar-refractivity contribution >= 4 is 33.0 Å². The van der Waals surface area contributed by atoms with Crippen LogP contribution in [0, 0.1) is 11.3 Å². The molecule has 0 unspecified atom stereocenters.